The number of rotatable bonds is 5. The van der Waals surface area contributed by atoms with E-state index in [2.05, 4.69) is 10.0 Å². The number of carbonyl (C=O) groups is 1. The van der Waals surface area contributed by atoms with Crippen LogP contribution in [0.5, 0.6) is 0 Å². The summed E-state index contributed by atoms with van der Waals surface area (Å²) in [6.07, 6.45) is -2.15. The van der Waals surface area contributed by atoms with Crippen LogP contribution in [0.1, 0.15) is 49.0 Å². The van der Waals surface area contributed by atoms with Gasteiger partial charge in [0.1, 0.15) is 5.82 Å². The Hall–Kier alpha value is -2.17. The van der Waals surface area contributed by atoms with Crippen LogP contribution >= 0.6 is 11.6 Å². The SMILES string of the molecule is C[C@@H]1[C@H](C)CCC[C@H]1NS(=O)(=O)c1ccc(F)c(C(=O)Nc2cc(C(F)(F)F)ccc2Cl)c1. The predicted molar refractivity (Wildman–Crippen MR) is 117 cm³/mol. The van der Waals surface area contributed by atoms with Gasteiger partial charge in [-0.1, -0.05) is 38.3 Å². The number of carbonyl (C=O) groups excluding carboxylic acids is 1. The molecule has 33 heavy (non-hydrogen) atoms. The highest BCUT2D eigenvalue weighted by atomic mass is 35.5. The molecule has 1 aliphatic carbocycles. The second kappa shape index (κ2) is 9.60. The van der Waals surface area contributed by atoms with Crippen LogP contribution in [0.4, 0.5) is 23.2 Å². The molecule has 0 bridgehead atoms. The highest BCUT2D eigenvalue weighted by molar-refractivity contribution is 7.89. The van der Waals surface area contributed by atoms with Gasteiger partial charge in [0.15, 0.2) is 0 Å². The van der Waals surface area contributed by atoms with Crippen molar-refractivity contribution in [2.24, 2.45) is 11.8 Å². The molecule has 1 fully saturated rings. The summed E-state index contributed by atoms with van der Waals surface area (Å²) in [7, 11) is -4.07. The number of nitrogens with one attached hydrogen (secondary N) is 2. The smallest absolute Gasteiger partial charge is 0.321 e. The van der Waals surface area contributed by atoms with Crippen molar-refractivity contribution in [1.29, 1.82) is 0 Å². The van der Waals surface area contributed by atoms with Crippen molar-refractivity contribution in [3.05, 3.63) is 58.4 Å². The first-order valence-corrected chi connectivity index (χ1v) is 12.2. The number of hydrogen-bond donors (Lipinski definition) is 2. The predicted octanol–water partition coefficient (Wildman–Crippen LogP) is 5.85. The molecule has 0 aromatic heterocycles. The molecule has 0 radical (unpaired) electrons. The number of sulfonamides is 1. The van der Waals surface area contributed by atoms with Crippen molar-refractivity contribution in [2.75, 3.05) is 5.32 Å². The number of benzene rings is 2. The third-order valence-corrected chi connectivity index (χ3v) is 7.87. The van der Waals surface area contributed by atoms with E-state index < -0.39 is 39.1 Å². The summed E-state index contributed by atoms with van der Waals surface area (Å²) >= 11 is 5.87. The number of hydrogen-bond acceptors (Lipinski definition) is 3. The van der Waals surface area contributed by atoms with Gasteiger partial charge in [-0.3, -0.25) is 4.79 Å². The minimum Gasteiger partial charge on any atom is -0.321 e. The Kier molecular flexibility index (Phi) is 7.40. The Morgan fingerprint density at radius 2 is 1.79 bits per heavy atom. The minimum absolute atomic E-state index is 0.0970. The van der Waals surface area contributed by atoms with Crippen LogP contribution in [0.3, 0.4) is 0 Å². The van der Waals surface area contributed by atoms with Crippen molar-refractivity contribution in [1.82, 2.24) is 4.72 Å². The molecular formula is C22H23ClF4N2O3S. The molecular weight excluding hydrogens is 484 g/mol. The molecule has 0 saturated heterocycles. The van der Waals surface area contributed by atoms with E-state index in [-0.39, 0.29) is 27.6 Å². The van der Waals surface area contributed by atoms with Crippen molar-refractivity contribution in [3.8, 4) is 0 Å². The molecule has 0 unspecified atom stereocenters. The summed E-state index contributed by atoms with van der Waals surface area (Å²) in [6, 6.07) is 4.72. The first-order chi connectivity index (χ1) is 15.3. The zero-order chi connectivity index (χ0) is 24.6. The van der Waals surface area contributed by atoms with Crippen LogP contribution < -0.4 is 10.0 Å². The third-order valence-electron chi connectivity index (χ3n) is 6.05. The fraction of sp³-hybridized carbons (Fsp3) is 0.409. The van der Waals surface area contributed by atoms with E-state index in [0.717, 1.165) is 43.2 Å². The van der Waals surface area contributed by atoms with Crippen molar-refractivity contribution >= 4 is 33.2 Å². The van der Waals surface area contributed by atoms with Gasteiger partial charge < -0.3 is 5.32 Å². The maximum atomic E-state index is 14.4. The van der Waals surface area contributed by atoms with E-state index >= 15 is 0 Å². The summed E-state index contributed by atoms with van der Waals surface area (Å²) in [6.45, 7) is 4.00. The molecule has 2 aromatic carbocycles. The zero-order valence-electron chi connectivity index (χ0n) is 17.8. The maximum Gasteiger partial charge on any atom is 0.416 e. The monoisotopic (exact) mass is 506 g/mol. The average molecular weight is 507 g/mol. The van der Waals surface area contributed by atoms with Gasteiger partial charge in [0.25, 0.3) is 5.91 Å². The van der Waals surface area contributed by atoms with Crippen molar-refractivity contribution < 1.29 is 30.8 Å². The fourth-order valence-corrected chi connectivity index (χ4v) is 5.40. The van der Waals surface area contributed by atoms with Crippen molar-refractivity contribution in [3.63, 3.8) is 0 Å². The van der Waals surface area contributed by atoms with Crippen LogP contribution in [0.2, 0.25) is 5.02 Å². The molecule has 1 saturated carbocycles. The lowest BCUT2D eigenvalue weighted by Gasteiger charge is -2.34. The number of halogens is 5. The summed E-state index contributed by atoms with van der Waals surface area (Å²) in [5, 5.41) is 1.93. The lowest BCUT2D eigenvalue weighted by Crippen LogP contribution is -2.43. The normalized spacial score (nSPS) is 21.6. The molecule has 2 aromatic rings. The average Bonchev–Trinajstić information content (AvgIpc) is 2.72. The lowest BCUT2D eigenvalue weighted by molar-refractivity contribution is -0.137. The third kappa shape index (κ3) is 5.85. The molecule has 0 spiro atoms. The molecule has 5 nitrogen and oxygen atoms in total. The molecule has 0 heterocycles. The quantitative estimate of drug-likeness (QED) is 0.499. The molecule has 1 amide bonds. The van der Waals surface area contributed by atoms with E-state index in [1.165, 1.54) is 0 Å². The molecule has 2 N–H and O–H groups in total. The van der Waals surface area contributed by atoms with E-state index in [1.54, 1.807) is 0 Å². The minimum atomic E-state index is -4.68. The fourth-order valence-electron chi connectivity index (χ4n) is 3.85. The van der Waals surface area contributed by atoms with Gasteiger partial charge in [0.2, 0.25) is 10.0 Å². The standard InChI is InChI=1S/C22H23ClF4N2O3S/c1-12-4-3-5-19(13(12)2)29-33(31,32)15-7-9-18(24)16(11-15)21(30)28-20-10-14(22(25,26)27)6-8-17(20)23/h6-13,19,29H,3-5H2,1-2H3,(H,28,30)/t12-,13-,19-/m1/s1. The van der Waals surface area contributed by atoms with Crippen LogP contribution in [-0.4, -0.2) is 20.4 Å². The topological polar surface area (TPSA) is 75.3 Å². The first kappa shape index (κ1) is 25.5. The summed E-state index contributed by atoms with van der Waals surface area (Å²) in [5.74, 6) is -1.74. The summed E-state index contributed by atoms with van der Waals surface area (Å²) in [5.41, 5.74) is -2.08. The highest BCUT2D eigenvalue weighted by Gasteiger charge is 2.32. The largest absolute Gasteiger partial charge is 0.416 e. The number of alkyl halides is 3. The van der Waals surface area contributed by atoms with Gasteiger partial charge in [-0.2, -0.15) is 13.2 Å². The summed E-state index contributed by atoms with van der Waals surface area (Å²) in [4.78, 5) is 12.3. The van der Waals surface area contributed by atoms with Gasteiger partial charge in [0, 0.05) is 6.04 Å². The van der Waals surface area contributed by atoms with Crippen LogP contribution in [-0.2, 0) is 16.2 Å². The highest BCUT2D eigenvalue weighted by Crippen LogP contribution is 2.34. The van der Waals surface area contributed by atoms with Gasteiger partial charge in [-0.05, 0) is 54.7 Å². The molecule has 11 heteroatoms. The lowest BCUT2D eigenvalue weighted by atomic mass is 9.78. The Labute approximate surface area is 194 Å². The molecule has 180 valence electrons. The van der Waals surface area contributed by atoms with E-state index in [9.17, 15) is 30.8 Å². The van der Waals surface area contributed by atoms with Crippen LogP contribution in [0, 0.1) is 17.7 Å². The van der Waals surface area contributed by atoms with Gasteiger partial charge in [0.05, 0.1) is 26.7 Å². The summed E-state index contributed by atoms with van der Waals surface area (Å²) < 4.78 is 81.7. The first-order valence-electron chi connectivity index (χ1n) is 10.3. The van der Waals surface area contributed by atoms with Gasteiger partial charge >= 0.3 is 6.18 Å². The molecule has 3 rings (SSSR count). The van der Waals surface area contributed by atoms with E-state index in [4.69, 9.17) is 11.6 Å². The van der Waals surface area contributed by atoms with Gasteiger partial charge in [-0.25, -0.2) is 17.5 Å². The number of anilines is 1. The molecule has 0 aliphatic heterocycles. The van der Waals surface area contributed by atoms with Crippen LogP contribution in [0.25, 0.3) is 0 Å². The second-order valence-corrected chi connectivity index (χ2v) is 10.4. The Morgan fingerprint density at radius 3 is 2.45 bits per heavy atom. The number of amides is 1. The Morgan fingerprint density at radius 1 is 1.09 bits per heavy atom. The Balaban J connectivity index is 1.86. The zero-order valence-corrected chi connectivity index (χ0v) is 19.4. The van der Waals surface area contributed by atoms with E-state index in [0.29, 0.717) is 18.4 Å². The maximum absolute atomic E-state index is 14.4. The Bertz CT molecular complexity index is 1150. The second-order valence-electron chi connectivity index (χ2n) is 8.28. The van der Waals surface area contributed by atoms with Gasteiger partial charge in [-0.15, -0.1) is 0 Å². The van der Waals surface area contributed by atoms with Crippen molar-refractivity contribution in [2.45, 2.75) is 50.2 Å². The van der Waals surface area contributed by atoms with Crippen LogP contribution in [0.15, 0.2) is 41.3 Å². The molecule has 3 atom stereocenters. The molecule has 1 aliphatic rings. The van der Waals surface area contributed by atoms with E-state index in [1.807, 2.05) is 13.8 Å².